The Labute approximate surface area is 105 Å². The highest BCUT2D eigenvalue weighted by Crippen LogP contribution is 2.15. The van der Waals surface area contributed by atoms with E-state index in [9.17, 15) is 13.2 Å². The summed E-state index contributed by atoms with van der Waals surface area (Å²) < 4.78 is 28.0. The maximum Gasteiger partial charge on any atom is 0.337 e. The lowest BCUT2D eigenvalue weighted by Crippen LogP contribution is -2.43. The van der Waals surface area contributed by atoms with E-state index in [0.717, 1.165) is 6.20 Å². The molecule has 0 saturated heterocycles. The number of hydrogen-bond donors (Lipinski definition) is 3. The quantitative estimate of drug-likeness (QED) is 0.752. The average molecular weight is 273 g/mol. The summed E-state index contributed by atoms with van der Waals surface area (Å²) in [5.74, 6) is -1.23. The number of hydrogen-bond acceptors (Lipinski definition) is 4. The largest absolute Gasteiger partial charge is 0.478 e. The summed E-state index contributed by atoms with van der Waals surface area (Å²) in [7, 11) is -3.85. The van der Waals surface area contributed by atoms with Crippen LogP contribution in [0.25, 0.3) is 0 Å². The molecule has 7 nitrogen and oxygen atoms in total. The highest BCUT2D eigenvalue weighted by molar-refractivity contribution is 7.90. The molecule has 1 aromatic rings. The molecule has 0 radical (unpaired) electrons. The first kappa shape index (κ1) is 14.4. The SMILES string of the molecule is CC(C)(C)NS(=O)(=O)Nc1cnccc1C(=O)O. The van der Waals surface area contributed by atoms with E-state index in [0.29, 0.717) is 0 Å². The zero-order chi connectivity index (χ0) is 14.0. The van der Waals surface area contributed by atoms with E-state index in [1.54, 1.807) is 20.8 Å². The van der Waals surface area contributed by atoms with Crippen molar-refractivity contribution in [3.8, 4) is 0 Å². The standard InChI is InChI=1S/C10H15N3O4S/c1-10(2,3)13-18(16,17)12-8-6-11-5-4-7(8)9(14)15/h4-6,12-13H,1-3H3,(H,14,15). The summed E-state index contributed by atoms with van der Waals surface area (Å²) in [5, 5.41) is 8.91. The number of carboxylic acid groups (broad SMARTS) is 1. The Kier molecular flexibility index (Phi) is 3.92. The number of aromatic carboxylic acids is 1. The fourth-order valence-corrected chi connectivity index (χ4v) is 2.55. The first-order chi connectivity index (χ1) is 8.11. The van der Waals surface area contributed by atoms with Crippen molar-refractivity contribution in [1.29, 1.82) is 0 Å². The molecule has 0 unspecified atom stereocenters. The van der Waals surface area contributed by atoms with Gasteiger partial charge in [0.05, 0.1) is 17.4 Å². The molecule has 0 spiro atoms. The van der Waals surface area contributed by atoms with Gasteiger partial charge in [0.15, 0.2) is 0 Å². The molecule has 1 rings (SSSR count). The van der Waals surface area contributed by atoms with Crippen molar-refractivity contribution in [1.82, 2.24) is 9.71 Å². The van der Waals surface area contributed by atoms with Crippen molar-refractivity contribution in [2.45, 2.75) is 26.3 Å². The first-order valence-electron chi connectivity index (χ1n) is 5.10. The lowest BCUT2D eigenvalue weighted by atomic mass is 10.1. The topological polar surface area (TPSA) is 108 Å². The third kappa shape index (κ3) is 4.30. The Morgan fingerprint density at radius 3 is 2.50 bits per heavy atom. The van der Waals surface area contributed by atoms with Gasteiger partial charge < -0.3 is 5.11 Å². The third-order valence-corrected chi connectivity index (χ3v) is 3.11. The van der Waals surface area contributed by atoms with Crippen molar-refractivity contribution in [3.63, 3.8) is 0 Å². The van der Waals surface area contributed by atoms with Crippen LogP contribution in [0.1, 0.15) is 31.1 Å². The van der Waals surface area contributed by atoms with Crippen LogP contribution in [-0.4, -0.2) is 30.0 Å². The molecule has 0 amide bonds. The minimum atomic E-state index is -3.85. The second-order valence-corrected chi connectivity index (χ2v) is 6.10. The smallest absolute Gasteiger partial charge is 0.337 e. The van der Waals surface area contributed by atoms with Gasteiger partial charge in [0, 0.05) is 11.7 Å². The summed E-state index contributed by atoms with van der Waals surface area (Å²) in [6.45, 7) is 5.02. The minimum absolute atomic E-state index is 0.0817. The molecule has 0 bridgehead atoms. The lowest BCUT2D eigenvalue weighted by Gasteiger charge is -2.21. The van der Waals surface area contributed by atoms with Crippen molar-refractivity contribution in [2.24, 2.45) is 0 Å². The van der Waals surface area contributed by atoms with Crippen molar-refractivity contribution in [3.05, 3.63) is 24.0 Å². The first-order valence-corrected chi connectivity index (χ1v) is 6.58. The highest BCUT2D eigenvalue weighted by Gasteiger charge is 2.21. The average Bonchev–Trinajstić information content (AvgIpc) is 2.13. The summed E-state index contributed by atoms with van der Waals surface area (Å²) in [6, 6.07) is 1.22. The van der Waals surface area contributed by atoms with Gasteiger partial charge in [0.2, 0.25) is 0 Å². The van der Waals surface area contributed by atoms with Crippen LogP contribution in [0.4, 0.5) is 5.69 Å². The van der Waals surface area contributed by atoms with Gasteiger partial charge in [-0.25, -0.2) is 4.79 Å². The molecule has 1 aromatic heterocycles. The number of nitrogens with zero attached hydrogens (tertiary/aromatic N) is 1. The third-order valence-electron chi connectivity index (χ3n) is 1.74. The molecule has 100 valence electrons. The van der Waals surface area contributed by atoms with Gasteiger partial charge in [-0.1, -0.05) is 0 Å². The van der Waals surface area contributed by atoms with Gasteiger partial charge in [-0.15, -0.1) is 0 Å². The van der Waals surface area contributed by atoms with Gasteiger partial charge in [-0.05, 0) is 26.8 Å². The summed E-state index contributed by atoms with van der Waals surface area (Å²) in [4.78, 5) is 14.6. The van der Waals surface area contributed by atoms with E-state index in [-0.39, 0.29) is 11.3 Å². The fourth-order valence-electron chi connectivity index (χ4n) is 1.24. The number of carbonyl (C=O) groups is 1. The zero-order valence-electron chi connectivity index (χ0n) is 10.3. The number of carboxylic acids is 1. The van der Waals surface area contributed by atoms with Crippen LogP contribution in [0.15, 0.2) is 18.5 Å². The Balaban J connectivity index is 3.02. The van der Waals surface area contributed by atoms with E-state index in [2.05, 4.69) is 14.4 Å². The molecule has 0 aromatic carbocycles. The Bertz CT molecular complexity index is 548. The second-order valence-electron chi connectivity index (χ2n) is 4.68. The summed E-state index contributed by atoms with van der Waals surface area (Å²) in [6.07, 6.45) is 2.42. The minimum Gasteiger partial charge on any atom is -0.478 e. The maximum absolute atomic E-state index is 11.7. The highest BCUT2D eigenvalue weighted by atomic mass is 32.2. The van der Waals surface area contributed by atoms with E-state index in [1.807, 2.05) is 0 Å². The van der Waals surface area contributed by atoms with Crippen molar-refractivity contribution < 1.29 is 18.3 Å². The van der Waals surface area contributed by atoms with E-state index in [4.69, 9.17) is 5.11 Å². The molecule has 0 aliphatic heterocycles. The van der Waals surface area contributed by atoms with Crippen LogP contribution in [0.2, 0.25) is 0 Å². The van der Waals surface area contributed by atoms with E-state index >= 15 is 0 Å². The molecule has 0 aliphatic carbocycles. The van der Waals surface area contributed by atoms with Gasteiger partial charge in [-0.2, -0.15) is 13.1 Å². The molecular formula is C10H15N3O4S. The van der Waals surface area contributed by atoms with Crippen LogP contribution >= 0.6 is 0 Å². The van der Waals surface area contributed by atoms with E-state index in [1.165, 1.54) is 12.3 Å². The Morgan fingerprint density at radius 2 is 2.00 bits per heavy atom. The number of nitrogens with one attached hydrogen (secondary N) is 2. The molecule has 8 heteroatoms. The van der Waals surface area contributed by atoms with Crippen molar-refractivity contribution >= 4 is 21.9 Å². The van der Waals surface area contributed by atoms with Crippen LogP contribution in [0, 0.1) is 0 Å². The zero-order valence-corrected chi connectivity index (χ0v) is 11.1. The van der Waals surface area contributed by atoms with Crippen molar-refractivity contribution in [2.75, 3.05) is 4.72 Å². The van der Waals surface area contributed by atoms with Crippen LogP contribution < -0.4 is 9.44 Å². The van der Waals surface area contributed by atoms with Crippen LogP contribution in [0.5, 0.6) is 0 Å². The number of rotatable bonds is 4. The van der Waals surface area contributed by atoms with Gasteiger partial charge in [0.1, 0.15) is 0 Å². The predicted molar refractivity (Wildman–Crippen MR) is 66.6 cm³/mol. The summed E-state index contributed by atoms with van der Waals surface area (Å²) >= 11 is 0. The molecule has 3 N–H and O–H groups in total. The predicted octanol–water partition coefficient (Wildman–Crippen LogP) is 0.825. The van der Waals surface area contributed by atoms with Gasteiger partial charge >= 0.3 is 5.97 Å². The number of aromatic nitrogens is 1. The molecule has 0 fully saturated rings. The van der Waals surface area contributed by atoms with Crippen LogP contribution in [0.3, 0.4) is 0 Å². The Hall–Kier alpha value is -1.67. The monoisotopic (exact) mass is 273 g/mol. The normalized spacial score (nSPS) is 12.2. The molecule has 0 aliphatic rings. The van der Waals surface area contributed by atoms with Gasteiger partial charge in [0.25, 0.3) is 10.2 Å². The fraction of sp³-hybridized carbons (Fsp3) is 0.400. The molecule has 0 atom stereocenters. The number of anilines is 1. The molecule has 18 heavy (non-hydrogen) atoms. The van der Waals surface area contributed by atoms with Gasteiger partial charge in [-0.3, -0.25) is 9.71 Å². The van der Waals surface area contributed by atoms with E-state index < -0.39 is 21.7 Å². The number of pyridine rings is 1. The molecular weight excluding hydrogens is 258 g/mol. The lowest BCUT2D eigenvalue weighted by molar-refractivity contribution is 0.0698. The molecule has 1 heterocycles. The summed E-state index contributed by atoms with van der Waals surface area (Å²) in [5.41, 5.74) is -0.914. The maximum atomic E-state index is 11.7. The second kappa shape index (κ2) is 4.91. The Morgan fingerprint density at radius 1 is 1.39 bits per heavy atom. The van der Waals surface area contributed by atoms with Crippen LogP contribution in [-0.2, 0) is 10.2 Å². The molecule has 0 saturated carbocycles.